The molecule has 0 heterocycles. The van der Waals surface area contributed by atoms with E-state index in [4.69, 9.17) is 17.8 Å². The van der Waals surface area contributed by atoms with Gasteiger partial charge >= 0.3 is 34.8 Å². The van der Waals surface area contributed by atoms with E-state index in [1.165, 1.54) is 24.3 Å². The molecule has 1 aromatic carbocycles. The summed E-state index contributed by atoms with van der Waals surface area (Å²) in [5, 5.41) is 16.9. The van der Waals surface area contributed by atoms with Gasteiger partial charge in [0.05, 0.1) is 11.1 Å². The molecule has 0 saturated carbocycles. The normalized spacial score (nSPS) is 8.00. The number of carboxylic acid groups (broad SMARTS) is 2. The van der Waals surface area contributed by atoms with E-state index in [9.17, 15) is 9.59 Å². The second kappa shape index (κ2) is 6.71. The van der Waals surface area contributed by atoms with Crippen molar-refractivity contribution in [2.45, 2.75) is 0 Å². The number of hydrogen-bond donors (Lipinski definition) is 2. The van der Waals surface area contributed by atoms with E-state index in [0.717, 1.165) is 0 Å². The predicted molar refractivity (Wildman–Crippen MR) is 47.5 cm³/mol. The van der Waals surface area contributed by atoms with Crippen molar-refractivity contribution in [3.63, 3.8) is 0 Å². The van der Waals surface area contributed by atoms with Crippen molar-refractivity contribution in [3.05, 3.63) is 35.4 Å². The van der Waals surface area contributed by atoms with E-state index >= 15 is 0 Å². The summed E-state index contributed by atoms with van der Waals surface area (Å²) in [6.07, 6.45) is 0. The van der Waals surface area contributed by atoms with Gasteiger partial charge in [0.15, 0.2) is 0 Å². The molecule has 0 aliphatic heterocycles. The molecular formula is C8H6GeO6. The van der Waals surface area contributed by atoms with Crippen LogP contribution in [0.2, 0.25) is 0 Å². The fraction of sp³-hybridized carbons (Fsp3) is 0. The van der Waals surface area contributed by atoms with Crippen LogP contribution in [-0.2, 0) is 7.56 Å². The first-order valence-electron chi connectivity index (χ1n) is 3.59. The third kappa shape index (κ3) is 4.91. The third-order valence-corrected chi connectivity index (χ3v) is 1.38. The average Bonchev–Trinajstić information content (AvgIpc) is 2.19. The van der Waals surface area contributed by atoms with Gasteiger partial charge in [-0.1, -0.05) is 0 Å². The molecule has 0 aromatic heterocycles. The molecule has 0 radical (unpaired) electrons. The van der Waals surface area contributed by atoms with E-state index in [2.05, 4.69) is 0 Å². The average molecular weight is 271 g/mol. The van der Waals surface area contributed by atoms with Crippen LogP contribution in [0.3, 0.4) is 0 Å². The van der Waals surface area contributed by atoms with Crippen molar-refractivity contribution >= 4 is 27.2 Å². The van der Waals surface area contributed by atoms with Gasteiger partial charge in [0.25, 0.3) is 0 Å². The van der Waals surface area contributed by atoms with Crippen molar-refractivity contribution in [3.8, 4) is 0 Å². The van der Waals surface area contributed by atoms with Gasteiger partial charge in [-0.2, -0.15) is 0 Å². The van der Waals surface area contributed by atoms with E-state index < -0.39 is 27.2 Å². The van der Waals surface area contributed by atoms with Crippen LogP contribution in [0, 0.1) is 0 Å². The second-order valence-corrected chi connectivity index (χ2v) is 2.62. The van der Waals surface area contributed by atoms with Crippen molar-refractivity contribution in [1.82, 2.24) is 0 Å². The molecule has 1 rings (SSSR count). The van der Waals surface area contributed by atoms with Crippen LogP contribution in [0.25, 0.3) is 0 Å². The van der Waals surface area contributed by atoms with Crippen LogP contribution in [0.4, 0.5) is 0 Å². The summed E-state index contributed by atoms with van der Waals surface area (Å²) in [5.41, 5.74) is 0.167. The van der Waals surface area contributed by atoms with Crippen molar-refractivity contribution in [1.29, 1.82) is 0 Å². The van der Waals surface area contributed by atoms with Crippen LogP contribution < -0.4 is 0 Å². The molecule has 7 heteroatoms. The van der Waals surface area contributed by atoms with Gasteiger partial charge in [-0.3, -0.25) is 0 Å². The molecule has 1 aromatic rings. The zero-order chi connectivity index (χ0) is 11.8. The van der Waals surface area contributed by atoms with Gasteiger partial charge in [0.2, 0.25) is 0 Å². The second-order valence-electron chi connectivity index (χ2n) is 2.27. The Labute approximate surface area is 90.4 Å². The molecule has 0 bridgehead atoms. The molecule has 0 atom stereocenters. The standard InChI is InChI=1S/C8H6O4.GeO2/c9-7(10)5-1-2-6(4-3-5)8(11)12;2-1-3/h1-4H,(H,9,10)(H,11,12);. The first kappa shape index (κ1) is 13.3. The maximum atomic E-state index is 10.3. The topological polar surface area (TPSA) is 109 Å². The van der Waals surface area contributed by atoms with E-state index in [1.54, 1.807) is 0 Å². The molecule has 0 spiro atoms. The summed E-state index contributed by atoms with van der Waals surface area (Å²) in [5.74, 6) is -2.13. The first-order chi connectivity index (χ1) is 7.02. The minimum atomic E-state index is -2.00. The van der Waals surface area contributed by atoms with E-state index in [-0.39, 0.29) is 11.1 Å². The Morgan fingerprint density at radius 2 is 1.07 bits per heavy atom. The van der Waals surface area contributed by atoms with Gasteiger partial charge in [-0.25, -0.2) is 9.59 Å². The van der Waals surface area contributed by atoms with E-state index in [0.29, 0.717) is 0 Å². The van der Waals surface area contributed by atoms with Gasteiger partial charge in [0.1, 0.15) is 0 Å². The molecule has 0 unspecified atom stereocenters. The number of rotatable bonds is 2. The number of hydrogen-bond acceptors (Lipinski definition) is 4. The van der Waals surface area contributed by atoms with Gasteiger partial charge in [-0.15, -0.1) is 0 Å². The quantitative estimate of drug-likeness (QED) is 0.756. The first-order valence-corrected chi connectivity index (χ1v) is 5.30. The molecule has 0 amide bonds. The maximum absolute atomic E-state index is 10.3. The van der Waals surface area contributed by atoms with Gasteiger partial charge in [-0.05, 0) is 24.3 Å². The van der Waals surface area contributed by atoms with E-state index in [1.807, 2.05) is 0 Å². The van der Waals surface area contributed by atoms with Crippen molar-refractivity contribution in [2.75, 3.05) is 0 Å². The number of carboxylic acids is 2. The fourth-order valence-corrected chi connectivity index (χ4v) is 0.755. The summed E-state index contributed by atoms with van der Waals surface area (Å²) in [4.78, 5) is 20.7. The summed E-state index contributed by atoms with van der Waals surface area (Å²) in [6.45, 7) is 0. The molecule has 2 N–H and O–H groups in total. The Hall–Kier alpha value is -1.70. The summed E-state index contributed by atoms with van der Waals surface area (Å²) >= 11 is -2.00. The zero-order valence-electron chi connectivity index (χ0n) is 7.34. The molecule has 0 aliphatic rings. The van der Waals surface area contributed by atoms with Crippen molar-refractivity contribution in [2.24, 2.45) is 0 Å². The Morgan fingerprint density at radius 3 is 1.20 bits per heavy atom. The minimum absolute atomic E-state index is 0.0833. The Balaban J connectivity index is 0.000000583. The molecule has 0 saturated heterocycles. The summed E-state index contributed by atoms with van der Waals surface area (Å²) in [7, 11) is 0. The Kier molecular flexibility index (Phi) is 5.95. The predicted octanol–water partition coefficient (Wildman–Crippen LogP) is 0.465. The number of benzene rings is 1. The Bertz CT molecular complexity index is 357. The molecular weight excluding hydrogens is 265 g/mol. The monoisotopic (exact) mass is 272 g/mol. The zero-order valence-corrected chi connectivity index (χ0v) is 9.43. The molecule has 78 valence electrons. The number of aromatic carboxylic acids is 2. The third-order valence-electron chi connectivity index (χ3n) is 1.38. The Morgan fingerprint density at radius 1 is 0.867 bits per heavy atom. The SMILES string of the molecule is O=C(O)c1ccc(C(=O)O)cc1.[O]=[Ge]=[O]. The van der Waals surface area contributed by atoms with Crippen LogP contribution in [-0.4, -0.2) is 37.5 Å². The van der Waals surface area contributed by atoms with Crippen LogP contribution in [0.5, 0.6) is 0 Å². The van der Waals surface area contributed by atoms with Crippen LogP contribution in [0.1, 0.15) is 20.7 Å². The number of carbonyl (C=O) groups is 2. The molecule has 15 heavy (non-hydrogen) atoms. The van der Waals surface area contributed by atoms with Crippen LogP contribution in [0.15, 0.2) is 24.3 Å². The van der Waals surface area contributed by atoms with Crippen molar-refractivity contribution < 1.29 is 27.4 Å². The van der Waals surface area contributed by atoms with Crippen LogP contribution >= 0.6 is 0 Å². The summed E-state index contributed by atoms with van der Waals surface area (Å²) in [6, 6.07) is 5.02. The molecule has 0 aliphatic carbocycles. The fourth-order valence-electron chi connectivity index (χ4n) is 0.755. The summed E-state index contributed by atoms with van der Waals surface area (Å²) < 4.78 is 17.0. The van der Waals surface area contributed by atoms with Gasteiger partial charge < -0.3 is 10.2 Å². The molecule has 6 nitrogen and oxygen atoms in total. The molecule has 0 fully saturated rings. The van der Waals surface area contributed by atoms with Gasteiger partial charge in [0, 0.05) is 0 Å².